The van der Waals surface area contributed by atoms with Crippen molar-refractivity contribution >= 4 is 21.8 Å². The Morgan fingerprint density at radius 1 is 1.22 bits per heavy atom. The maximum atomic E-state index is 12.5. The molecule has 148 valence electrons. The first-order valence-electron chi connectivity index (χ1n) is 9.01. The zero-order chi connectivity index (χ0) is 19.1. The predicted octanol–water partition coefficient (Wildman–Crippen LogP) is 2.54. The number of benzene rings is 1. The summed E-state index contributed by atoms with van der Waals surface area (Å²) in [5.74, 6) is 2.96. The summed E-state index contributed by atoms with van der Waals surface area (Å²) >= 11 is 1.93. The third-order valence-electron chi connectivity index (χ3n) is 4.73. The van der Waals surface area contributed by atoms with Crippen molar-refractivity contribution in [3.8, 4) is 5.75 Å². The quantitative estimate of drug-likeness (QED) is 0.685. The first-order valence-corrected chi connectivity index (χ1v) is 11.8. The lowest BCUT2D eigenvalue weighted by atomic mass is 10.1. The number of aryl methyl sites for hydroxylation is 1. The van der Waals surface area contributed by atoms with Gasteiger partial charge in [0.2, 0.25) is 10.0 Å². The van der Waals surface area contributed by atoms with Gasteiger partial charge >= 0.3 is 0 Å². The minimum Gasteiger partial charge on any atom is -0.497 e. The Kier molecular flexibility index (Phi) is 7.23. The van der Waals surface area contributed by atoms with Gasteiger partial charge in [-0.25, -0.2) is 13.1 Å². The summed E-state index contributed by atoms with van der Waals surface area (Å²) in [6.45, 7) is 2.26. The summed E-state index contributed by atoms with van der Waals surface area (Å²) < 4.78 is 38.1. The highest BCUT2D eigenvalue weighted by atomic mass is 32.2. The molecule has 0 saturated carbocycles. The molecule has 0 amide bonds. The van der Waals surface area contributed by atoms with Crippen molar-refractivity contribution in [3.05, 3.63) is 54.0 Å². The molecule has 6 nitrogen and oxygen atoms in total. The molecular weight excluding hydrogens is 384 g/mol. The van der Waals surface area contributed by atoms with Crippen LogP contribution in [-0.4, -0.2) is 57.3 Å². The number of thioether (sulfide) groups is 1. The Morgan fingerprint density at radius 3 is 2.59 bits per heavy atom. The van der Waals surface area contributed by atoms with Gasteiger partial charge in [0.1, 0.15) is 5.75 Å². The second-order valence-electron chi connectivity index (χ2n) is 6.49. The smallest absolute Gasteiger partial charge is 0.211 e. The maximum absolute atomic E-state index is 12.5. The summed E-state index contributed by atoms with van der Waals surface area (Å²) in [6, 6.07) is 9.40. The van der Waals surface area contributed by atoms with E-state index in [2.05, 4.69) is 9.62 Å². The van der Waals surface area contributed by atoms with E-state index in [1.54, 1.807) is 19.6 Å². The highest BCUT2D eigenvalue weighted by Gasteiger charge is 2.25. The Bertz CT molecular complexity index is 786. The van der Waals surface area contributed by atoms with Gasteiger partial charge in [-0.1, -0.05) is 12.1 Å². The number of hydrogen-bond donors (Lipinski definition) is 1. The molecule has 1 unspecified atom stereocenters. The molecule has 27 heavy (non-hydrogen) atoms. The van der Waals surface area contributed by atoms with Crippen LogP contribution in [0.25, 0.3) is 0 Å². The van der Waals surface area contributed by atoms with Crippen molar-refractivity contribution in [2.24, 2.45) is 0 Å². The summed E-state index contributed by atoms with van der Waals surface area (Å²) in [7, 11) is -1.75. The first-order chi connectivity index (χ1) is 13.1. The van der Waals surface area contributed by atoms with Crippen molar-refractivity contribution in [3.63, 3.8) is 0 Å². The fourth-order valence-corrected chi connectivity index (χ4v) is 5.13. The van der Waals surface area contributed by atoms with Gasteiger partial charge in [0.25, 0.3) is 0 Å². The van der Waals surface area contributed by atoms with E-state index in [0.29, 0.717) is 13.0 Å². The number of sulfonamides is 1. The third kappa shape index (κ3) is 6.00. The van der Waals surface area contributed by atoms with Gasteiger partial charge in [0.05, 0.1) is 31.4 Å². The second-order valence-corrected chi connectivity index (χ2v) is 9.64. The van der Waals surface area contributed by atoms with Crippen LogP contribution in [0.3, 0.4) is 0 Å². The van der Waals surface area contributed by atoms with Crippen molar-refractivity contribution < 1.29 is 17.6 Å². The lowest BCUT2D eigenvalue weighted by molar-refractivity contribution is 0.218. The normalized spacial score (nSPS) is 16.9. The third-order valence-corrected chi connectivity index (χ3v) is 7.02. The van der Waals surface area contributed by atoms with Crippen LogP contribution >= 0.6 is 11.8 Å². The maximum Gasteiger partial charge on any atom is 0.211 e. The highest BCUT2D eigenvalue weighted by molar-refractivity contribution is 7.99. The summed E-state index contributed by atoms with van der Waals surface area (Å²) in [5, 5.41) is 0. The van der Waals surface area contributed by atoms with Gasteiger partial charge < -0.3 is 9.15 Å². The molecule has 0 spiro atoms. The first kappa shape index (κ1) is 20.3. The molecule has 1 fully saturated rings. The van der Waals surface area contributed by atoms with Crippen LogP contribution in [0, 0.1) is 0 Å². The molecule has 1 atom stereocenters. The summed E-state index contributed by atoms with van der Waals surface area (Å²) in [5.41, 5.74) is 1.99. The number of nitrogens with one attached hydrogen (secondary N) is 1. The van der Waals surface area contributed by atoms with Crippen LogP contribution in [0.5, 0.6) is 5.75 Å². The molecule has 1 N–H and O–H groups in total. The Balaban J connectivity index is 1.57. The molecule has 1 aromatic carbocycles. The van der Waals surface area contributed by atoms with E-state index in [0.717, 1.165) is 41.5 Å². The number of nitrogens with zero attached hydrogens (tertiary/aromatic N) is 1. The molecule has 8 heteroatoms. The van der Waals surface area contributed by atoms with Crippen LogP contribution in [0.1, 0.15) is 17.2 Å². The molecule has 2 aromatic rings. The number of ether oxygens (including phenoxy) is 1. The largest absolute Gasteiger partial charge is 0.497 e. The molecule has 3 rings (SSSR count). The van der Waals surface area contributed by atoms with Crippen molar-refractivity contribution in [2.75, 3.05) is 44.0 Å². The van der Waals surface area contributed by atoms with E-state index < -0.39 is 10.0 Å². The van der Waals surface area contributed by atoms with E-state index >= 15 is 0 Å². The van der Waals surface area contributed by atoms with Gasteiger partial charge in [-0.05, 0) is 30.2 Å². The molecule has 1 saturated heterocycles. The van der Waals surface area contributed by atoms with Gasteiger partial charge in [-0.15, -0.1) is 0 Å². The van der Waals surface area contributed by atoms with E-state index in [1.165, 1.54) is 0 Å². The number of furan rings is 1. The number of methoxy groups -OCH3 is 1. The summed E-state index contributed by atoms with van der Waals surface area (Å²) in [6.07, 6.45) is 3.81. The van der Waals surface area contributed by atoms with Gasteiger partial charge in [-0.2, -0.15) is 11.8 Å². The average molecular weight is 411 g/mol. The zero-order valence-electron chi connectivity index (χ0n) is 15.5. The number of hydrogen-bond acceptors (Lipinski definition) is 6. The number of rotatable bonds is 9. The van der Waals surface area contributed by atoms with Crippen molar-refractivity contribution in [1.29, 1.82) is 0 Å². The van der Waals surface area contributed by atoms with Crippen molar-refractivity contribution in [2.45, 2.75) is 12.5 Å². The van der Waals surface area contributed by atoms with Crippen molar-refractivity contribution in [1.82, 2.24) is 9.62 Å². The molecule has 1 aliphatic heterocycles. The van der Waals surface area contributed by atoms with E-state index in [9.17, 15) is 8.42 Å². The molecule has 2 heterocycles. The fourth-order valence-electron chi connectivity index (χ4n) is 3.13. The van der Waals surface area contributed by atoms with Crippen LogP contribution in [-0.2, 0) is 16.4 Å². The predicted molar refractivity (Wildman–Crippen MR) is 109 cm³/mol. The minimum absolute atomic E-state index is 0.000381. The molecule has 0 aliphatic carbocycles. The Hall–Kier alpha value is -1.48. The van der Waals surface area contributed by atoms with Crippen LogP contribution in [0.4, 0.5) is 0 Å². The van der Waals surface area contributed by atoms with E-state index in [4.69, 9.17) is 9.15 Å². The van der Waals surface area contributed by atoms with E-state index in [-0.39, 0.29) is 11.8 Å². The van der Waals surface area contributed by atoms with Gasteiger partial charge in [0.15, 0.2) is 0 Å². The van der Waals surface area contributed by atoms with Crippen LogP contribution in [0.15, 0.2) is 47.3 Å². The standard InChI is InChI=1S/C19H26N2O4S2/c1-24-18-4-2-16(3-5-18)7-13-27(22,23)20-14-19(17-6-10-25-15-17)21-8-11-26-12-9-21/h2-6,10,15,19-20H,7-9,11-14H2,1H3. The topological polar surface area (TPSA) is 71.8 Å². The highest BCUT2D eigenvalue weighted by Crippen LogP contribution is 2.24. The van der Waals surface area contributed by atoms with Crippen LogP contribution < -0.4 is 9.46 Å². The lowest BCUT2D eigenvalue weighted by Crippen LogP contribution is -2.42. The minimum atomic E-state index is -3.36. The van der Waals surface area contributed by atoms with Crippen LogP contribution in [0.2, 0.25) is 0 Å². The Morgan fingerprint density at radius 2 is 1.96 bits per heavy atom. The molecule has 0 bridgehead atoms. The molecular formula is C19H26N2O4S2. The Labute approximate surface area is 165 Å². The van der Waals surface area contributed by atoms with Gasteiger partial charge in [-0.3, -0.25) is 4.90 Å². The molecule has 0 radical (unpaired) electrons. The van der Waals surface area contributed by atoms with E-state index in [1.807, 2.05) is 42.1 Å². The molecule has 1 aliphatic rings. The lowest BCUT2D eigenvalue weighted by Gasteiger charge is -2.33. The molecule has 1 aromatic heterocycles. The zero-order valence-corrected chi connectivity index (χ0v) is 17.1. The SMILES string of the molecule is COc1ccc(CCS(=O)(=O)NCC(c2ccoc2)N2CCSCC2)cc1. The summed E-state index contributed by atoms with van der Waals surface area (Å²) in [4.78, 5) is 2.33. The average Bonchev–Trinajstić information content (AvgIpc) is 3.22. The monoisotopic (exact) mass is 410 g/mol. The second kappa shape index (κ2) is 9.64. The van der Waals surface area contributed by atoms with Gasteiger partial charge in [0, 0.05) is 36.7 Å². The fraction of sp³-hybridized carbons (Fsp3) is 0.474.